The van der Waals surface area contributed by atoms with Crippen LogP contribution in [0.4, 0.5) is 5.00 Å². The van der Waals surface area contributed by atoms with Gasteiger partial charge in [-0.05, 0) is 49.8 Å². The zero-order valence-corrected chi connectivity index (χ0v) is 16.9. The van der Waals surface area contributed by atoms with Crippen LogP contribution in [0.25, 0.3) is 11.0 Å². The Labute approximate surface area is 166 Å². The van der Waals surface area contributed by atoms with Crippen LogP contribution < -0.4 is 5.32 Å². The standard InChI is InChI=1S/C20H22N4O3S/c1-4-13-9-15(20(26)27-3)19(28-13)22-16(25)10-24-18-17(11(2)23-24)14(7-8-21-18)12-5-6-12/h7-9,12H,4-6,10H2,1-3H3,(H,22,25). The predicted molar refractivity (Wildman–Crippen MR) is 108 cm³/mol. The third kappa shape index (κ3) is 3.40. The van der Waals surface area contributed by atoms with Crippen molar-refractivity contribution in [2.75, 3.05) is 12.4 Å². The molecular weight excluding hydrogens is 376 g/mol. The maximum atomic E-state index is 12.7. The molecule has 0 bridgehead atoms. The number of thiophene rings is 1. The highest BCUT2D eigenvalue weighted by Crippen LogP contribution is 2.43. The van der Waals surface area contributed by atoms with Gasteiger partial charge in [-0.15, -0.1) is 11.3 Å². The van der Waals surface area contributed by atoms with E-state index in [2.05, 4.69) is 21.5 Å². The summed E-state index contributed by atoms with van der Waals surface area (Å²) in [6.45, 7) is 3.98. The van der Waals surface area contributed by atoms with Gasteiger partial charge in [-0.2, -0.15) is 5.10 Å². The molecule has 0 spiro atoms. The van der Waals surface area contributed by atoms with Gasteiger partial charge < -0.3 is 10.1 Å². The quantitative estimate of drug-likeness (QED) is 0.640. The van der Waals surface area contributed by atoms with Gasteiger partial charge in [0.05, 0.1) is 18.4 Å². The number of aryl methyl sites for hydroxylation is 2. The van der Waals surface area contributed by atoms with E-state index in [9.17, 15) is 9.59 Å². The fourth-order valence-electron chi connectivity index (χ4n) is 3.43. The Bertz CT molecular complexity index is 1070. The van der Waals surface area contributed by atoms with E-state index in [4.69, 9.17) is 4.74 Å². The number of methoxy groups -OCH3 is 1. The molecule has 0 aliphatic heterocycles. The first-order valence-electron chi connectivity index (χ1n) is 9.34. The molecule has 3 aromatic heterocycles. The van der Waals surface area contributed by atoms with Gasteiger partial charge >= 0.3 is 5.97 Å². The molecule has 7 nitrogen and oxygen atoms in total. The van der Waals surface area contributed by atoms with Gasteiger partial charge in [0.1, 0.15) is 11.5 Å². The van der Waals surface area contributed by atoms with E-state index in [-0.39, 0.29) is 12.5 Å². The molecule has 8 heteroatoms. The second-order valence-corrected chi connectivity index (χ2v) is 8.10. The molecular formula is C20H22N4O3S. The Morgan fingerprint density at radius 1 is 1.39 bits per heavy atom. The lowest BCUT2D eigenvalue weighted by Crippen LogP contribution is -2.20. The van der Waals surface area contributed by atoms with E-state index >= 15 is 0 Å². The number of amides is 1. The fraction of sp³-hybridized carbons (Fsp3) is 0.400. The monoisotopic (exact) mass is 398 g/mol. The minimum Gasteiger partial charge on any atom is -0.465 e. The molecule has 146 valence electrons. The number of hydrogen-bond acceptors (Lipinski definition) is 6. The zero-order chi connectivity index (χ0) is 19.8. The van der Waals surface area contributed by atoms with Crippen molar-refractivity contribution in [3.63, 3.8) is 0 Å². The number of nitrogens with zero attached hydrogens (tertiary/aromatic N) is 3. The number of fused-ring (bicyclic) bond motifs is 1. The maximum Gasteiger partial charge on any atom is 0.340 e. The van der Waals surface area contributed by atoms with Crippen LogP contribution in [0.5, 0.6) is 0 Å². The van der Waals surface area contributed by atoms with Gasteiger partial charge in [0.2, 0.25) is 5.91 Å². The molecule has 0 atom stereocenters. The number of anilines is 1. The summed E-state index contributed by atoms with van der Waals surface area (Å²) in [6.07, 6.45) is 4.95. The molecule has 1 amide bonds. The van der Waals surface area contributed by atoms with E-state index in [1.54, 1.807) is 16.9 Å². The third-order valence-electron chi connectivity index (χ3n) is 4.94. The van der Waals surface area contributed by atoms with Crippen molar-refractivity contribution in [1.29, 1.82) is 0 Å². The van der Waals surface area contributed by atoms with Crippen LogP contribution in [0.3, 0.4) is 0 Å². The second-order valence-electron chi connectivity index (χ2n) is 6.96. The summed E-state index contributed by atoms with van der Waals surface area (Å²) in [4.78, 5) is 30.1. The molecule has 1 aliphatic carbocycles. The Hall–Kier alpha value is -2.74. The summed E-state index contributed by atoms with van der Waals surface area (Å²) >= 11 is 1.39. The molecule has 4 rings (SSSR count). The largest absolute Gasteiger partial charge is 0.465 e. The molecule has 0 aromatic carbocycles. The minimum absolute atomic E-state index is 0.0332. The average Bonchev–Trinajstić information content (AvgIpc) is 3.39. The van der Waals surface area contributed by atoms with Crippen LogP contribution in [0.2, 0.25) is 0 Å². The van der Waals surface area contributed by atoms with Gasteiger partial charge in [0, 0.05) is 16.5 Å². The number of esters is 1. The molecule has 3 heterocycles. The summed E-state index contributed by atoms with van der Waals surface area (Å²) in [5.74, 6) is -0.128. The Balaban J connectivity index is 1.59. The van der Waals surface area contributed by atoms with Crippen LogP contribution in [0, 0.1) is 6.92 Å². The highest BCUT2D eigenvalue weighted by atomic mass is 32.1. The first-order chi connectivity index (χ1) is 13.5. The summed E-state index contributed by atoms with van der Waals surface area (Å²) in [7, 11) is 1.33. The van der Waals surface area contributed by atoms with Crippen LogP contribution in [0.15, 0.2) is 18.3 Å². The molecule has 1 saturated carbocycles. The lowest BCUT2D eigenvalue weighted by atomic mass is 10.1. The number of ether oxygens (including phenoxy) is 1. The number of nitrogens with one attached hydrogen (secondary N) is 1. The van der Waals surface area contributed by atoms with Crippen molar-refractivity contribution in [2.24, 2.45) is 0 Å². The van der Waals surface area contributed by atoms with Crippen LogP contribution in [0.1, 0.15) is 52.2 Å². The normalized spacial score (nSPS) is 13.7. The zero-order valence-electron chi connectivity index (χ0n) is 16.1. The van der Waals surface area contributed by atoms with Crippen molar-refractivity contribution in [1.82, 2.24) is 14.8 Å². The first-order valence-corrected chi connectivity index (χ1v) is 10.2. The lowest BCUT2D eigenvalue weighted by molar-refractivity contribution is -0.116. The molecule has 1 fully saturated rings. The molecule has 3 aromatic rings. The van der Waals surface area contributed by atoms with Gasteiger partial charge in [-0.1, -0.05) is 6.92 Å². The highest BCUT2D eigenvalue weighted by molar-refractivity contribution is 7.16. The van der Waals surface area contributed by atoms with Crippen molar-refractivity contribution in [3.8, 4) is 0 Å². The van der Waals surface area contributed by atoms with Crippen LogP contribution in [-0.4, -0.2) is 33.8 Å². The van der Waals surface area contributed by atoms with Gasteiger partial charge in [-0.3, -0.25) is 4.79 Å². The van der Waals surface area contributed by atoms with Crippen LogP contribution >= 0.6 is 11.3 Å². The number of carbonyl (C=O) groups excluding carboxylic acids is 2. The Morgan fingerprint density at radius 3 is 2.86 bits per heavy atom. The average molecular weight is 398 g/mol. The summed E-state index contributed by atoms with van der Waals surface area (Å²) in [5, 5.41) is 8.95. The molecule has 1 N–H and O–H groups in total. The minimum atomic E-state index is -0.456. The number of pyridine rings is 1. The van der Waals surface area contributed by atoms with Crippen molar-refractivity contribution in [2.45, 2.75) is 45.6 Å². The number of rotatable bonds is 6. The van der Waals surface area contributed by atoms with E-state index < -0.39 is 5.97 Å². The van der Waals surface area contributed by atoms with Crippen molar-refractivity contribution in [3.05, 3.63) is 40.0 Å². The smallest absolute Gasteiger partial charge is 0.340 e. The van der Waals surface area contributed by atoms with Gasteiger partial charge in [-0.25, -0.2) is 14.5 Å². The summed E-state index contributed by atoms with van der Waals surface area (Å²) in [6, 6.07) is 3.82. The second kappa shape index (κ2) is 7.35. The first kappa shape index (κ1) is 18.6. The summed E-state index contributed by atoms with van der Waals surface area (Å²) in [5.41, 5.74) is 3.27. The van der Waals surface area contributed by atoms with Gasteiger partial charge in [0.15, 0.2) is 5.65 Å². The lowest BCUT2D eigenvalue weighted by Gasteiger charge is -2.06. The topological polar surface area (TPSA) is 86.1 Å². The predicted octanol–water partition coefficient (Wildman–Crippen LogP) is 3.67. The number of hydrogen-bond donors (Lipinski definition) is 1. The molecule has 0 saturated heterocycles. The molecule has 28 heavy (non-hydrogen) atoms. The highest BCUT2D eigenvalue weighted by Gasteiger charge is 2.28. The van der Waals surface area contributed by atoms with E-state index in [0.29, 0.717) is 16.5 Å². The van der Waals surface area contributed by atoms with E-state index in [1.165, 1.54) is 36.9 Å². The Kier molecular flexibility index (Phi) is 4.89. The molecule has 0 unspecified atom stereocenters. The fourth-order valence-corrected chi connectivity index (χ4v) is 4.43. The van der Waals surface area contributed by atoms with Crippen molar-refractivity contribution < 1.29 is 14.3 Å². The third-order valence-corrected chi connectivity index (χ3v) is 6.14. The maximum absolute atomic E-state index is 12.7. The van der Waals surface area contributed by atoms with Gasteiger partial charge in [0.25, 0.3) is 0 Å². The summed E-state index contributed by atoms with van der Waals surface area (Å²) < 4.78 is 6.46. The molecule has 0 radical (unpaired) electrons. The SMILES string of the molecule is CCc1cc(C(=O)OC)c(NC(=O)Cn2nc(C)c3c(C4CC4)ccnc32)s1. The van der Waals surface area contributed by atoms with Crippen LogP contribution in [-0.2, 0) is 22.5 Å². The van der Waals surface area contributed by atoms with Crippen molar-refractivity contribution >= 4 is 39.2 Å². The number of carbonyl (C=O) groups is 2. The molecule has 1 aliphatic rings. The van der Waals surface area contributed by atoms with E-state index in [1.807, 2.05) is 13.8 Å². The Morgan fingerprint density at radius 2 is 2.18 bits per heavy atom. The van der Waals surface area contributed by atoms with E-state index in [0.717, 1.165) is 28.0 Å². The number of aromatic nitrogens is 3.